The number of rotatable bonds is 7. The molecule has 1 aliphatic heterocycles. The number of benzene rings is 2. The fourth-order valence-corrected chi connectivity index (χ4v) is 3.42. The van der Waals surface area contributed by atoms with Crippen LogP contribution in [0, 0.1) is 0 Å². The van der Waals surface area contributed by atoms with Crippen molar-refractivity contribution in [1.29, 1.82) is 0 Å². The third-order valence-electron chi connectivity index (χ3n) is 5.05. The first-order valence-electron chi connectivity index (χ1n) is 10.5. The molecule has 1 fully saturated rings. The van der Waals surface area contributed by atoms with E-state index in [-0.39, 0.29) is 11.6 Å². The Kier molecular flexibility index (Phi) is 7.12. The molecule has 2 amide bonds. The van der Waals surface area contributed by atoms with Crippen LogP contribution in [0.25, 0.3) is 6.08 Å². The average Bonchev–Trinajstić information content (AvgIpc) is 3.33. The number of ether oxygens (including phenoxy) is 1. The zero-order valence-corrected chi connectivity index (χ0v) is 17.6. The topological polar surface area (TPSA) is 83.8 Å². The molecular weight excluding hydrogens is 406 g/mol. The van der Waals surface area contributed by atoms with Crippen LogP contribution in [0.1, 0.15) is 21.7 Å². The van der Waals surface area contributed by atoms with Crippen molar-refractivity contribution < 1.29 is 18.7 Å². The van der Waals surface area contributed by atoms with Crippen LogP contribution >= 0.6 is 0 Å². The summed E-state index contributed by atoms with van der Waals surface area (Å²) in [6, 6.07) is 19.9. The molecule has 0 unspecified atom stereocenters. The monoisotopic (exact) mass is 431 g/mol. The van der Waals surface area contributed by atoms with E-state index in [1.165, 1.54) is 12.3 Å². The Morgan fingerprint density at radius 3 is 2.53 bits per heavy atom. The lowest BCUT2D eigenvalue weighted by molar-refractivity contribution is -0.113. The van der Waals surface area contributed by atoms with E-state index in [1.54, 1.807) is 36.4 Å². The van der Waals surface area contributed by atoms with Gasteiger partial charge in [-0.25, -0.2) is 0 Å². The molecule has 2 N–H and O–H groups in total. The highest BCUT2D eigenvalue weighted by atomic mass is 16.5. The van der Waals surface area contributed by atoms with E-state index in [9.17, 15) is 9.59 Å². The largest absolute Gasteiger partial charge is 0.465 e. The van der Waals surface area contributed by atoms with Crippen molar-refractivity contribution in [3.63, 3.8) is 0 Å². The second-order valence-electron chi connectivity index (χ2n) is 7.44. The molecule has 7 heteroatoms. The number of furan rings is 1. The van der Waals surface area contributed by atoms with Crippen LogP contribution in [0.2, 0.25) is 0 Å². The summed E-state index contributed by atoms with van der Waals surface area (Å²) in [5, 5.41) is 5.58. The Balaban J connectivity index is 1.48. The summed E-state index contributed by atoms with van der Waals surface area (Å²) in [6.07, 6.45) is 3.02. The molecule has 0 radical (unpaired) electrons. The van der Waals surface area contributed by atoms with Crippen LogP contribution < -0.4 is 10.6 Å². The van der Waals surface area contributed by atoms with Crippen molar-refractivity contribution in [2.24, 2.45) is 0 Å². The third-order valence-corrected chi connectivity index (χ3v) is 5.05. The normalized spacial score (nSPS) is 14.7. The van der Waals surface area contributed by atoms with Gasteiger partial charge in [0.1, 0.15) is 11.5 Å². The van der Waals surface area contributed by atoms with Gasteiger partial charge in [-0.15, -0.1) is 0 Å². The highest BCUT2D eigenvalue weighted by Crippen LogP contribution is 2.16. The maximum Gasteiger partial charge on any atom is 0.272 e. The summed E-state index contributed by atoms with van der Waals surface area (Å²) < 4.78 is 10.7. The molecule has 0 aliphatic carbocycles. The zero-order valence-electron chi connectivity index (χ0n) is 17.6. The Labute approximate surface area is 186 Å². The summed E-state index contributed by atoms with van der Waals surface area (Å²) in [6.45, 7) is 4.03. The molecule has 164 valence electrons. The summed E-state index contributed by atoms with van der Waals surface area (Å²) in [5.74, 6) is -0.349. The van der Waals surface area contributed by atoms with Crippen LogP contribution in [-0.4, -0.2) is 43.0 Å². The van der Waals surface area contributed by atoms with Crippen molar-refractivity contribution >= 4 is 23.6 Å². The SMILES string of the molecule is O=C(Nc1cccc(CN2CCOCC2)c1)C(=Cc1ccco1)NC(=O)c1ccccc1. The average molecular weight is 431 g/mol. The van der Waals surface area contributed by atoms with E-state index in [0.717, 1.165) is 38.4 Å². The number of nitrogens with zero attached hydrogens (tertiary/aromatic N) is 1. The van der Waals surface area contributed by atoms with Gasteiger partial charge < -0.3 is 19.8 Å². The van der Waals surface area contributed by atoms with Gasteiger partial charge in [-0.1, -0.05) is 30.3 Å². The van der Waals surface area contributed by atoms with Gasteiger partial charge in [0.05, 0.1) is 19.5 Å². The molecule has 32 heavy (non-hydrogen) atoms. The predicted octanol–water partition coefficient (Wildman–Crippen LogP) is 3.52. The van der Waals surface area contributed by atoms with Crippen LogP contribution in [0.3, 0.4) is 0 Å². The molecule has 0 atom stereocenters. The lowest BCUT2D eigenvalue weighted by Crippen LogP contribution is -2.35. The van der Waals surface area contributed by atoms with Crippen molar-refractivity contribution in [3.8, 4) is 0 Å². The summed E-state index contributed by atoms with van der Waals surface area (Å²) in [5.41, 5.74) is 2.29. The van der Waals surface area contributed by atoms with Gasteiger partial charge in [-0.2, -0.15) is 0 Å². The standard InChI is InChI=1S/C25H25N3O4/c29-24(20-7-2-1-3-8-20)27-23(17-22-10-5-13-32-22)25(30)26-21-9-4-6-19(16-21)18-28-11-14-31-15-12-28/h1-10,13,16-17H,11-12,14-15,18H2,(H,26,30)(H,27,29). The second-order valence-corrected chi connectivity index (χ2v) is 7.44. The fourth-order valence-electron chi connectivity index (χ4n) is 3.42. The molecule has 1 aliphatic rings. The van der Waals surface area contributed by atoms with E-state index in [4.69, 9.17) is 9.15 Å². The molecule has 0 spiro atoms. The lowest BCUT2D eigenvalue weighted by atomic mass is 10.1. The first-order chi connectivity index (χ1) is 15.7. The number of hydrogen-bond donors (Lipinski definition) is 2. The maximum atomic E-state index is 13.0. The predicted molar refractivity (Wildman–Crippen MR) is 122 cm³/mol. The molecule has 0 saturated carbocycles. The fraction of sp³-hybridized carbons (Fsp3) is 0.200. The molecule has 2 aromatic carbocycles. The van der Waals surface area contributed by atoms with Crippen LogP contribution in [0.4, 0.5) is 5.69 Å². The first kappa shape index (κ1) is 21.5. The maximum absolute atomic E-state index is 13.0. The third kappa shape index (κ3) is 5.94. The van der Waals surface area contributed by atoms with Gasteiger partial charge >= 0.3 is 0 Å². The molecule has 3 aromatic rings. The number of nitrogens with one attached hydrogen (secondary N) is 2. The summed E-state index contributed by atoms with van der Waals surface area (Å²) in [4.78, 5) is 28.0. The number of morpholine rings is 1. The van der Waals surface area contributed by atoms with Crippen molar-refractivity contribution in [1.82, 2.24) is 10.2 Å². The number of amides is 2. The van der Waals surface area contributed by atoms with Gasteiger partial charge in [0.25, 0.3) is 11.8 Å². The van der Waals surface area contributed by atoms with E-state index in [0.29, 0.717) is 17.0 Å². The molecule has 4 rings (SSSR count). The van der Waals surface area contributed by atoms with Gasteiger partial charge in [0, 0.05) is 37.0 Å². The van der Waals surface area contributed by atoms with Crippen LogP contribution in [0.15, 0.2) is 83.1 Å². The second kappa shape index (κ2) is 10.6. The van der Waals surface area contributed by atoms with Crippen molar-refractivity contribution in [3.05, 3.63) is 95.6 Å². The smallest absolute Gasteiger partial charge is 0.272 e. The Bertz CT molecular complexity index is 1070. The van der Waals surface area contributed by atoms with Gasteiger partial charge in [0.15, 0.2) is 0 Å². The van der Waals surface area contributed by atoms with Gasteiger partial charge in [0.2, 0.25) is 0 Å². The molecule has 1 aromatic heterocycles. The minimum Gasteiger partial charge on any atom is -0.465 e. The first-order valence-corrected chi connectivity index (χ1v) is 10.5. The summed E-state index contributed by atoms with van der Waals surface area (Å²) >= 11 is 0. The summed E-state index contributed by atoms with van der Waals surface area (Å²) in [7, 11) is 0. The molecule has 0 bridgehead atoms. The van der Waals surface area contributed by atoms with Crippen LogP contribution in [-0.2, 0) is 16.1 Å². The van der Waals surface area contributed by atoms with Gasteiger partial charge in [-0.05, 0) is 42.0 Å². The number of carbonyl (C=O) groups excluding carboxylic acids is 2. The molecular formula is C25H25N3O4. The van der Waals surface area contributed by atoms with E-state index in [1.807, 2.05) is 30.3 Å². The zero-order chi connectivity index (χ0) is 22.2. The van der Waals surface area contributed by atoms with Crippen molar-refractivity contribution in [2.75, 3.05) is 31.6 Å². The molecule has 1 saturated heterocycles. The Morgan fingerprint density at radius 1 is 0.969 bits per heavy atom. The molecule has 2 heterocycles. The molecule has 7 nitrogen and oxygen atoms in total. The lowest BCUT2D eigenvalue weighted by Gasteiger charge is -2.26. The minimum absolute atomic E-state index is 0.0902. The number of anilines is 1. The Hall–Kier alpha value is -3.68. The van der Waals surface area contributed by atoms with E-state index >= 15 is 0 Å². The number of hydrogen-bond acceptors (Lipinski definition) is 5. The van der Waals surface area contributed by atoms with Crippen LogP contribution in [0.5, 0.6) is 0 Å². The number of carbonyl (C=O) groups is 2. The highest BCUT2D eigenvalue weighted by molar-refractivity contribution is 6.10. The quantitative estimate of drug-likeness (QED) is 0.559. The van der Waals surface area contributed by atoms with E-state index < -0.39 is 5.91 Å². The van der Waals surface area contributed by atoms with Crippen molar-refractivity contribution in [2.45, 2.75) is 6.54 Å². The Morgan fingerprint density at radius 2 is 1.78 bits per heavy atom. The van der Waals surface area contributed by atoms with E-state index in [2.05, 4.69) is 15.5 Å². The van der Waals surface area contributed by atoms with Gasteiger partial charge in [-0.3, -0.25) is 14.5 Å². The highest BCUT2D eigenvalue weighted by Gasteiger charge is 2.16. The minimum atomic E-state index is -0.436.